The van der Waals surface area contributed by atoms with Crippen molar-refractivity contribution in [1.29, 1.82) is 0 Å². The van der Waals surface area contributed by atoms with E-state index in [0.717, 1.165) is 12.8 Å². The maximum Gasteiger partial charge on any atom is 0.278 e. The summed E-state index contributed by atoms with van der Waals surface area (Å²) in [7, 11) is 0. The molecule has 1 fully saturated rings. The quantitative estimate of drug-likeness (QED) is 0.767. The maximum absolute atomic E-state index is 12.1. The topological polar surface area (TPSA) is 67.4 Å². The van der Waals surface area contributed by atoms with Crippen LogP contribution < -0.4 is 15.4 Å². The molecular formula is C13H14N2O3. The Hall–Kier alpha value is -2.04. The van der Waals surface area contributed by atoms with Gasteiger partial charge in [-0.15, -0.1) is 0 Å². The summed E-state index contributed by atoms with van der Waals surface area (Å²) in [6, 6.07) is 7.27. The van der Waals surface area contributed by atoms with Crippen LogP contribution >= 0.6 is 0 Å². The Balaban J connectivity index is 1.88. The lowest BCUT2D eigenvalue weighted by atomic mass is 10.0. The van der Waals surface area contributed by atoms with Crippen LogP contribution in [0.15, 0.2) is 24.3 Å². The van der Waals surface area contributed by atoms with Crippen LogP contribution in [-0.2, 0) is 9.59 Å². The van der Waals surface area contributed by atoms with Crippen molar-refractivity contribution in [2.45, 2.75) is 31.4 Å². The van der Waals surface area contributed by atoms with Crippen LogP contribution in [0.5, 0.6) is 5.75 Å². The van der Waals surface area contributed by atoms with Gasteiger partial charge in [0, 0.05) is 6.04 Å². The second-order valence-corrected chi connectivity index (χ2v) is 4.83. The number of rotatable bonds is 2. The summed E-state index contributed by atoms with van der Waals surface area (Å²) >= 11 is 0. The first kappa shape index (κ1) is 11.1. The van der Waals surface area contributed by atoms with Crippen LogP contribution in [0.25, 0.3) is 0 Å². The van der Waals surface area contributed by atoms with Crippen molar-refractivity contribution in [3.63, 3.8) is 0 Å². The number of nitrogens with one attached hydrogen (secondary N) is 2. The minimum absolute atomic E-state index is 0.197. The van der Waals surface area contributed by atoms with Gasteiger partial charge < -0.3 is 15.4 Å². The van der Waals surface area contributed by atoms with Gasteiger partial charge in [0.25, 0.3) is 17.4 Å². The fraction of sp³-hybridized carbons (Fsp3) is 0.385. The highest BCUT2D eigenvalue weighted by Crippen LogP contribution is 2.33. The summed E-state index contributed by atoms with van der Waals surface area (Å²) in [4.78, 5) is 24.1. The van der Waals surface area contributed by atoms with E-state index in [1.54, 1.807) is 24.3 Å². The first-order chi connectivity index (χ1) is 8.59. The second-order valence-electron chi connectivity index (χ2n) is 4.83. The van der Waals surface area contributed by atoms with E-state index < -0.39 is 11.5 Å². The normalized spacial score (nSPS) is 25.7. The zero-order valence-electron chi connectivity index (χ0n) is 10.0. The van der Waals surface area contributed by atoms with Gasteiger partial charge in [0.1, 0.15) is 5.75 Å². The summed E-state index contributed by atoms with van der Waals surface area (Å²) in [6.07, 6.45) is 1.94. The van der Waals surface area contributed by atoms with Gasteiger partial charge >= 0.3 is 0 Å². The smallest absolute Gasteiger partial charge is 0.278 e. The van der Waals surface area contributed by atoms with Crippen molar-refractivity contribution in [3.05, 3.63) is 24.3 Å². The van der Waals surface area contributed by atoms with Gasteiger partial charge in [-0.1, -0.05) is 12.1 Å². The highest BCUT2D eigenvalue weighted by Gasteiger charge is 2.48. The molecule has 3 rings (SSSR count). The van der Waals surface area contributed by atoms with Gasteiger partial charge in [-0.2, -0.15) is 0 Å². The molecule has 18 heavy (non-hydrogen) atoms. The Morgan fingerprint density at radius 2 is 2.17 bits per heavy atom. The molecule has 0 spiro atoms. The lowest BCUT2D eigenvalue weighted by Gasteiger charge is -2.33. The van der Waals surface area contributed by atoms with Crippen molar-refractivity contribution >= 4 is 17.5 Å². The minimum Gasteiger partial charge on any atom is -0.466 e. The van der Waals surface area contributed by atoms with Crippen LogP contribution in [0.4, 0.5) is 5.69 Å². The van der Waals surface area contributed by atoms with Gasteiger partial charge in [-0.25, -0.2) is 0 Å². The molecule has 0 bridgehead atoms. The predicted octanol–water partition coefficient (Wildman–Crippen LogP) is 1.05. The average molecular weight is 246 g/mol. The van der Waals surface area contributed by atoms with E-state index >= 15 is 0 Å². The third-order valence-corrected chi connectivity index (χ3v) is 3.23. The molecule has 5 nitrogen and oxygen atoms in total. The van der Waals surface area contributed by atoms with E-state index in [4.69, 9.17) is 4.74 Å². The van der Waals surface area contributed by atoms with Crippen LogP contribution in [0.2, 0.25) is 0 Å². The summed E-state index contributed by atoms with van der Waals surface area (Å²) in [5.74, 6) is -0.290. The number of ether oxygens (including phenoxy) is 1. The Morgan fingerprint density at radius 3 is 2.89 bits per heavy atom. The van der Waals surface area contributed by atoms with Gasteiger partial charge in [-0.05, 0) is 31.9 Å². The van der Waals surface area contributed by atoms with Crippen LogP contribution in [0, 0.1) is 0 Å². The summed E-state index contributed by atoms with van der Waals surface area (Å²) < 4.78 is 5.60. The predicted molar refractivity (Wildman–Crippen MR) is 65.3 cm³/mol. The van der Waals surface area contributed by atoms with E-state index in [9.17, 15) is 9.59 Å². The number of benzene rings is 1. The Kier molecular flexibility index (Phi) is 2.29. The van der Waals surface area contributed by atoms with Crippen LogP contribution in [0.3, 0.4) is 0 Å². The number of amides is 2. The number of fused-ring (bicyclic) bond motifs is 1. The molecule has 1 heterocycles. The standard InChI is InChI=1S/C13H14N2O3/c1-13(11(16)14-8-6-7-8)12(17)15-9-4-2-3-5-10(9)18-13/h2-5,8H,6-7H2,1H3,(H,14,16)(H,15,17)/t13-/m1/s1. The molecule has 2 N–H and O–H groups in total. The molecule has 2 aliphatic rings. The number of hydrogen-bond donors (Lipinski definition) is 2. The molecule has 0 saturated heterocycles. The van der Waals surface area contributed by atoms with Crippen LogP contribution in [0.1, 0.15) is 19.8 Å². The largest absolute Gasteiger partial charge is 0.466 e. The number of anilines is 1. The summed E-state index contributed by atoms with van der Waals surface area (Å²) in [6.45, 7) is 1.50. The number of carbonyl (C=O) groups excluding carboxylic acids is 2. The Labute approximate surface area is 105 Å². The highest BCUT2D eigenvalue weighted by molar-refractivity contribution is 6.15. The summed E-state index contributed by atoms with van der Waals surface area (Å²) in [5, 5.41) is 5.50. The molecule has 0 unspecified atom stereocenters. The van der Waals surface area contributed by atoms with Crippen molar-refractivity contribution in [2.24, 2.45) is 0 Å². The van der Waals surface area contributed by atoms with Crippen molar-refractivity contribution < 1.29 is 14.3 Å². The van der Waals surface area contributed by atoms with Gasteiger partial charge in [0.15, 0.2) is 0 Å². The fourth-order valence-corrected chi connectivity index (χ4v) is 1.87. The zero-order chi connectivity index (χ0) is 12.8. The first-order valence-electron chi connectivity index (χ1n) is 6.00. The lowest BCUT2D eigenvalue weighted by Crippen LogP contribution is -2.59. The SMILES string of the molecule is C[C@]1(C(=O)NC2CC2)Oc2ccccc2NC1=O. The molecule has 1 aliphatic heterocycles. The van der Waals surface area contributed by atoms with Crippen molar-refractivity contribution in [3.8, 4) is 5.75 Å². The Bertz CT molecular complexity index is 525. The minimum atomic E-state index is -1.49. The molecule has 1 saturated carbocycles. The number of hydrogen-bond acceptors (Lipinski definition) is 3. The summed E-state index contributed by atoms with van der Waals surface area (Å²) in [5.41, 5.74) is -0.893. The first-order valence-corrected chi connectivity index (χ1v) is 6.00. The third kappa shape index (κ3) is 1.72. The van der Waals surface area contributed by atoms with Gasteiger partial charge in [0.05, 0.1) is 5.69 Å². The third-order valence-electron chi connectivity index (χ3n) is 3.23. The van der Waals surface area contributed by atoms with Crippen molar-refractivity contribution in [1.82, 2.24) is 5.32 Å². The molecule has 0 radical (unpaired) electrons. The molecule has 1 aliphatic carbocycles. The van der Waals surface area contributed by atoms with E-state index in [1.807, 2.05) is 0 Å². The van der Waals surface area contributed by atoms with E-state index in [2.05, 4.69) is 10.6 Å². The molecule has 2 amide bonds. The average Bonchev–Trinajstić information content (AvgIpc) is 3.14. The molecule has 0 aromatic heterocycles. The molecule has 94 valence electrons. The van der Waals surface area contributed by atoms with Gasteiger partial charge in [-0.3, -0.25) is 9.59 Å². The van der Waals surface area contributed by atoms with E-state index in [0.29, 0.717) is 11.4 Å². The molecular weight excluding hydrogens is 232 g/mol. The lowest BCUT2D eigenvalue weighted by molar-refractivity contribution is -0.146. The second kappa shape index (κ2) is 3.73. The number of carbonyl (C=O) groups is 2. The fourth-order valence-electron chi connectivity index (χ4n) is 1.87. The maximum atomic E-state index is 12.1. The van der Waals surface area contributed by atoms with E-state index in [1.165, 1.54) is 6.92 Å². The zero-order valence-corrected chi connectivity index (χ0v) is 10.0. The Morgan fingerprint density at radius 1 is 1.44 bits per heavy atom. The molecule has 1 aromatic carbocycles. The van der Waals surface area contributed by atoms with E-state index in [-0.39, 0.29) is 11.9 Å². The van der Waals surface area contributed by atoms with Gasteiger partial charge in [0.2, 0.25) is 0 Å². The number of para-hydroxylation sites is 2. The molecule has 1 atom stereocenters. The highest BCUT2D eigenvalue weighted by atomic mass is 16.5. The molecule has 1 aromatic rings. The monoisotopic (exact) mass is 246 g/mol. The van der Waals surface area contributed by atoms with Crippen molar-refractivity contribution in [2.75, 3.05) is 5.32 Å². The molecule has 5 heteroatoms. The van der Waals surface area contributed by atoms with Crippen LogP contribution in [-0.4, -0.2) is 23.5 Å².